The molecule has 0 spiro atoms. The monoisotopic (exact) mass is 338 g/mol. The van der Waals surface area contributed by atoms with E-state index in [1.54, 1.807) is 0 Å². The van der Waals surface area contributed by atoms with Crippen molar-refractivity contribution in [1.29, 1.82) is 0 Å². The van der Waals surface area contributed by atoms with E-state index in [4.69, 9.17) is 9.47 Å². The molecular weight excluding hydrogens is 316 g/mol. The number of benzene rings is 2. The van der Waals surface area contributed by atoms with E-state index < -0.39 is 23.8 Å². The summed E-state index contributed by atoms with van der Waals surface area (Å²) in [5.74, 6) is -2.64. The van der Waals surface area contributed by atoms with Crippen molar-refractivity contribution in [2.75, 3.05) is 14.2 Å². The van der Waals surface area contributed by atoms with Gasteiger partial charge in [-0.1, -0.05) is 73.7 Å². The van der Waals surface area contributed by atoms with Gasteiger partial charge in [0.1, 0.15) is 0 Å². The molecule has 0 aliphatic heterocycles. The highest BCUT2D eigenvalue weighted by Gasteiger charge is 2.36. The quantitative estimate of drug-likeness (QED) is 0.456. The van der Waals surface area contributed by atoms with Crippen LogP contribution < -0.4 is 0 Å². The molecule has 0 N–H and O–H groups in total. The van der Waals surface area contributed by atoms with Gasteiger partial charge in [-0.15, -0.1) is 0 Å². The lowest BCUT2D eigenvalue weighted by Crippen LogP contribution is -2.32. The van der Waals surface area contributed by atoms with Crippen LogP contribution in [0.2, 0.25) is 0 Å². The number of carbonyl (C=O) groups is 2. The van der Waals surface area contributed by atoms with Crippen molar-refractivity contribution in [3.63, 3.8) is 0 Å². The van der Waals surface area contributed by atoms with Crippen LogP contribution in [-0.4, -0.2) is 26.2 Å². The Kier molecular flexibility index (Phi) is 6.52. The Morgan fingerprint density at radius 3 is 1.80 bits per heavy atom. The summed E-state index contributed by atoms with van der Waals surface area (Å²) in [5.41, 5.74) is 2.80. The number of hydrogen-bond donors (Lipinski definition) is 0. The molecule has 0 aliphatic rings. The smallest absolute Gasteiger partial charge is 0.320 e. The number of ether oxygens (including phenoxy) is 2. The van der Waals surface area contributed by atoms with E-state index in [1.807, 2.05) is 73.7 Å². The summed E-state index contributed by atoms with van der Waals surface area (Å²) in [6, 6.07) is 19.4. The van der Waals surface area contributed by atoms with Gasteiger partial charge in [-0.3, -0.25) is 9.59 Å². The first kappa shape index (κ1) is 18.5. The van der Waals surface area contributed by atoms with Crippen LogP contribution in [0.1, 0.15) is 18.1 Å². The van der Waals surface area contributed by atoms with Crippen LogP contribution in [0.5, 0.6) is 0 Å². The zero-order valence-electron chi connectivity index (χ0n) is 14.6. The summed E-state index contributed by atoms with van der Waals surface area (Å²) >= 11 is 0. The summed E-state index contributed by atoms with van der Waals surface area (Å²) < 4.78 is 9.65. The minimum absolute atomic E-state index is 0.414. The topological polar surface area (TPSA) is 52.6 Å². The SMILES string of the molecule is COC(=O)C(C(=O)OC)C(C)/C(=C/c1ccccc1)c1ccccc1. The van der Waals surface area contributed by atoms with Crippen LogP contribution in [0, 0.1) is 11.8 Å². The van der Waals surface area contributed by atoms with Crippen molar-refractivity contribution in [2.24, 2.45) is 11.8 Å². The largest absolute Gasteiger partial charge is 0.468 e. The first-order chi connectivity index (χ1) is 12.1. The third-order valence-corrected chi connectivity index (χ3v) is 4.13. The van der Waals surface area contributed by atoms with Crippen LogP contribution in [0.3, 0.4) is 0 Å². The van der Waals surface area contributed by atoms with Gasteiger partial charge in [-0.05, 0) is 16.7 Å². The zero-order valence-corrected chi connectivity index (χ0v) is 14.6. The maximum atomic E-state index is 12.2. The predicted octanol–water partition coefficient (Wildman–Crippen LogP) is 3.83. The molecule has 130 valence electrons. The standard InChI is InChI=1S/C21H22O4/c1-15(19(20(22)24-2)21(23)25-3)18(17-12-8-5-9-13-17)14-16-10-6-4-7-11-16/h4-15,19H,1-3H3/b18-14-. The lowest BCUT2D eigenvalue weighted by Gasteiger charge is -2.23. The highest BCUT2D eigenvalue weighted by Crippen LogP contribution is 2.32. The summed E-state index contributed by atoms with van der Waals surface area (Å²) in [6.07, 6.45) is 1.98. The second kappa shape index (κ2) is 8.83. The number of allylic oxidation sites excluding steroid dienone is 1. The average molecular weight is 338 g/mol. The van der Waals surface area contributed by atoms with Gasteiger partial charge in [0.05, 0.1) is 14.2 Å². The molecule has 2 aromatic carbocycles. The van der Waals surface area contributed by atoms with Gasteiger partial charge < -0.3 is 9.47 Å². The van der Waals surface area contributed by atoms with Gasteiger partial charge in [0, 0.05) is 5.92 Å². The van der Waals surface area contributed by atoms with Crippen LogP contribution in [0.25, 0.3) is 11.6 Å². The summed E-state index contributed by atoms with van der Waals surface area (Å²) in [5, 5.41) is 0. The molecule has 1 atom stereocenters. The van der Waals surface area contributed by atoms with E-state index in [1.165, 1.54) is 14.2 Å². The van der Waals surface area contributed by atoms with Crippen molar-refractivity contribution in [1.82, 2.24) is 0 Å². The number of hydrogen-bond acceptors (Lipinski definition) is 4. The third-order valence-electron chi connectivity index (χ3n) is 4.13. The summed E-state index contributed by atoms with van der Waals surface area (Å²) in [6.45, 7) is 1.83. The fourth-order valence-electron chi connectivity index (χ4n) is 2.78. The van der Waals surface area contributed by atoms with Crippen LogP contribution in [0.15, 0.2) is 60.7 Å². The van der Waals surface area contributed by atoms with Crippen LogP contribution in [-0.2, 0) is 19.1 Å². The second-order valence-corrected chi connectivity index (χ2v) is 5.69. The molecule has 0 bridgehead atoms. The number of rotatable bonds is 6. The first-order valence-electron chi connectivity index (χ1n) is 8.06. The maximum Gasteiger partial charge on any atom is 0.320 e. The van der Waals surface area contributed by atoms with Crippen molar-refractivity contribution < 1.29 is 19.1 Å². The van der Waals surface area contributed by atoms with E-state index in [0.29, 0.717) is 0 Å². The predicted molar refractivity (Wildman–Crippen MR) is 97.4 cm³/mol. The highest BCUT2D eigenvalue weighted by molar-refractivity contribution is 5.98. The minimum atomic E-state index is -1.02. The minimum Gasteiger partial charge on any atom is -0.468 e. The van der Waals surface area contributed by atoms with E-state index in [-0.39, 0.29) is 0 Å². The molecule has 0 amide bonds. The van der Waals surface area contributed by atoms with Crippen molar-refractivity contribution in [2.45, 2.75) is 6.92 Å². The van der Waals surface area contributed by atoms with Crippen LogP contribution in [0.4, 0.5) is 0 Å². The Morgan fingerprint density at radius 1 is 0.840 bits per heavy atom. The molecule has 25 heavy (non-hydrogen) atoms. The molecule has 4 heteroatoms. The van der Waals surface area contributed by atoms with Gasteiger partial charge in [-0.2, -0.15) is 0 Å². The van der Waals surface area contributed by atoms with Gasteiger partial charge in [0.2, 0.25) is 0 Å². The van der Waals surface area contributed by atoms with Crippen molar-refractivity contribution >= 4 is 23.6 Å². The Hall–Kier alpha value is -2.88. The lowest BCUT2D eigenvalue weighted by molar-refractivity contribution is -0.160. The molecule has 0 aliphatic carbocycles. The van der Waals surface area contributed by atoms with Gasteiger partial charge >= 0.3 is 11.9 Å². The molecule has 0 saturated heterocycles. The maximum absolute atomic E-state index is 12.2. The molecule has 0 saturated carbocycles. The second-order valence-electron chi connectivity index (χ2n) is 5.69. The lowest BCUT2D eigenvalue weighted by atomic mass is 9.82. The third kappa shape index (κ3) is 4.57. The van der Waals surface area contributed by atoms with E-state index >= 15 is 0 Å². The van der Waals surface area contributed by atoms with Gasteiger partial charge in [-0.25, -0.2) is 0 Å². The number of carbonyl (C=O) groups excluding carboxylic acids is 2. The molecule has 4 nitrogen and oxygen atoms in total. The molecule has 1 unspecified atom stereocenters. The molecule has 2 aromatic rings. The molecule has 0 heterocycles. The normalized spacial score (nSPS) is 12.6. The number of esters is 2. The zero-order chi connectivity index (χ0) is 18.2. The Labute approximate surface area is 148 Å². The highest BCUT2D eigenvalue weighted by atomic mass is 16.5. The van der Waals surface area contributed by atoms with E-state index in [0.717, 1.165) is 16.7 Å². The Morgan fingerprint density at radius 2 is 1.32 bits per heavy atom. The number of methoxy groups -OCH3 is 2. The van der Waals surface area contributed by atoms with E-state index in [9.17, 15) is 9.59 Å². The fraction of sp³-hybridized carbons (Fsp3) is 0.238. The van der Waals surface area contributed by atoms with E-state index in [2.05, 4.69) is 0 Å². The summed E-state index contributed by atoms with van der Waals surface area (Å²) in [4.78, 5) is 24.4. The van der Waals surface area contributed by atoms with Crippen molar-refractivity contribution in [3.8, 4) is 0 Å². The Balaban J connectivity index is 2.52. The van der Waals surface area contributed by atoms with Crippen molar-refractivity contribution in [3.05, 3.63) is 71.8 Å². The fourth-order valence-corrected chi connectivity index (χ4v) is 2.78. The molecular formula is C21H22O4. The molecule has 0 aromatic heterocycles. The molecule has 0 radical (unpaired) electrons. The van der Waals surface area contributed by atoms with Crippen LogP contribution >= 0.6 is 0 Å². The molecule has 0 fully saturated rings. The van der Waals surface area contributed by atoms with Gasteiger partial charge in [0.15, 0.2) is 5.92 Å². The van der Waals surface area contributed by atoms with Gasteiger partial charge in [0.25, 0.3) is 0 Å². The Bertz CT molecular complexity index is 719. The average Bonchev–Trinajstić information content (AvgIpc) is 2.67. The first-order valence-corrected chi connectivity index (χ1v) is 8.06. The molecule has 2 rings (SSSR count). The summed E-state index contributed by atoms with van der Waals surface area (Å²) in [7, 11) is 2.54.